The number of rotatable bonds is 8. The molecule has 10 nitrogen and oxygen atoms in total. The largest absolute Gasteiger partial charge is 0.372 e. The highest BCUT2D eigenvalue weighted by Crippen LogP contribution is 2.31. The van der Waals surface area contributed by atoms with Gasteiger partial charge in [0.25, 0.3) is 5.91 Å². The van der Waals surface area contributed by atoms with Gasteiger partial charge >= 0.3 is 6.03 Å². The molecule has 3 fully saturated rings. The van der Waals surface area contributed by atoms with Crippen molar-refractivity contribution in [1.29, 1.82) is 0 Å². The van der Waals surface area contributed by atoms with Crippen LogP contribution < -0.4 is 15.5 Å². The van der Waals surface area contributed by atoms with E-state index in [1.54, 1.807) is 26.8 Å². The summed E-state index contributed by atoms with van der Waals surface area (Å²) in [6.07, 6.45) is 1.03. The molecule has 0 spiro atoms. The van der Waals surface area contributed by atoms with Crippen LogP contribution in [0, 0.1) is 5.92 Å². The predicted molar refractivity (Wildman–Crippen MR) is 146 cm³/mol. The highest BCUT2D eigenvalue weighted by Gasteiger charge is 2.52. The zero-order chi connectivity index (χ0) is 27.4. The van der Waals surface area contributed by atoms with Gasteiger partial charge in [-0.15, -0.1) is 0 Å². The monoisotopic (exact) mass is 526 g/mol. The van der Waals surface area contributed by atoms with E-state index in [1.807, 2.05) is 26.0 Å². The minimum Gasteiger partial charge on any atom is -0.372 e. The number of anilines is 1. The molecule has 4 amide bonds. The zero-order valence-electron chi connectivity index (χ0n) is 23.1. The number of Topliss-reactive ketones (excluding diaryl/α,β-unsaturated/α-hetero) is 1. The Balaban J connectivity index is 1.45. The first kappa shape index (κ1) is 27.9. The van der Waals surface area contributed by atoms with Crippen molar-refractivity contribution < 1.29 is 19.2 Å². The Morgan fingerprint density at radius 3 is 2.29 bits per heavy atom. The van der Waals surface area contributed by atoms with Crippen LogP contribution in [0.5, 0.6) is 0 Å². The van der Waals surface area contributed by atoms with Crippen LogP contribution in [0.1, 0.15) is 50.9 Å². The number of ketones is 1. The van der Waals surface area contributed by atoms with E-state index in [1.165, 1.54) is 0 Å². The van der Waals surface area contributed by atoms with E-state index >= 15 is 0 Å². The number of amides is 4. The summed E-state index contributed by atoms with van der Waals surface area (Å²) in [6.45, 7) is 13.1. The second kappa shape index (κ2) is 12.1. The number of carbonyl (C=O) groups is 4. The van der Waals surface area contributed by atoms with Gasteiger partial charge in [0.15, 0.2) is 5.78 Å². The second-order valence-corrected chi connectivity index (χ2v) is 10.8. The van der Waals surface area contributed by atoms with Gasteiger partial charge in [0.05, 0.1) is 12.6 Å². The van der Waals surface area contributed by atoms with E-state index in [0.29, 0.717) is 38.0 Å². The van der Waals surface area contributed by atoms with E-state index in [4.69, 9.17) is 0 Å². The summed E-state index contributed by atoms with van der Waals surface area (Å²) in [5.74, 6) is -0.494. The van der Waals surface area contributed by atoms with E-state index in [0.717, 1.165) is 31.9 Å². The van der Waals surface area contributed by atoms with Gasteiger partial charge in [-0.25, -0.2) is 4.79 Å². The lowest BCUT2D eigenvalue weighted by molar-refractivity contribution is -0.138. The Bertz CT molecular complexity index is 1020. The van der Waals surface area contributed by atoms with E-state index in [2.05, 4.69) is 29.4 Å². The van der Waals surface area contributed by atoms with E-state index in [-0.39, 0.29) is 42.1 Å². The van der Waals surface area contributed by atoms with Crippen molar-refractivity contribution in [3.05, 3.63) is 29.8 Å². The molecule has 3 heterocycles. The molecule has 3 aliphatic heterocycles. The topological polar surface area (TPSA) is 105 Å². The number of carbonyl (C=O) groups excluding carboxylic acids is 4. The maximum Gasteiger partial charge on any atom is 0.320 e. The van der Waals surface area contributed by atoms with Crippen molar-refractivity contribution in [3.8, 4) is 0 Å². The maximum atomic E-state index is 13.8. The first-order valence-electron chi connectivity index (χ1n) is 14.0. The number of nitrogens with zero attached hydrogens (tertiary/aromatic N) is 4. The van der Waals surface area contributed by atoms with Crippen LogP contribution in [0.2, 0.25) is 0 Å². The Morgan fingerprint density at radius 1 is 1.03 bits per heavy atom. The van der Waals surface area contributed by atoms with Gasteiger partial charge in [0.1, 0.15) is 12.1 Å². The zero-order valence-corrected chi connectivity index (χ0v) is 23.1. The van der Waals surface area contributed by atoms with Crippen molar-refractivity contribution in [1.82, 2.24) is 25.3 Å². The lowest BCUT2D eigenvalue weighted by Crippen LogP contribution is -2.54. The molecule has 0 saturated carbocycles. The van der Waals surface area contributed by atoms with Crippen LogP contribution in [0.15, 0.2) is 24.3 Å². The van der Waals surface area contributed by atoms with Crippen molar-refractivity contribution in [2.24, 2.45) is 5.92 Å². The van der Waals surface area contributed by atoms with Crippen LogP contribution in [0.3, 0.4) is 0 Å². The molecule has 10 heteroatoms. The van der Waals surface area contributed by atoms with Crippen LogP contribution in [0.25, 0.3) is 0 Å². The smallest absolute Gasteiger partial charge is 0.320 e. The molecule has 3 unspecified atom stereocenters. The van der Waals surface area contributed by atoms with Crippen LogP contribution in [0.4, 0.5) is 10.5 Å². The van der Waals surface area contributed by atoms with Crippen LogP contribution >= 0.6 is 0 Å². The molecule has 1 aromatic carbocycles. The number of urea groups is 1. The molecule has 208 valence electrons. The van der Waals surface area contributed by atoms with Crippen molar-refractivity contribution in [2.45, 2.75) is 58.7 Å². The standard InChI is InChI=1S/C28H42N6O4/c1-5-31(6-2)21-9-7-20(8-10-21)26(36)30-22(17-19(3)4)27(37)33-14-11-23-25(33)24(35)18-34(23)28(38)32-15-12-29-13-16-32/h7-10,19,22-23,25,29H,5-6,11-18H2,1-4H3,(H,30,36). The summed E-state index contributed by atoms with van der Waals surface area (Å²) >= 11 is 0. The third kappa shape index (κ3) is 5.80. The predicted octanol–water partition coefficient (Wildman–Crippen LogP) is 1.56. The molecular weight excluding hydrogens is 484 g/mol. The Kier molecular flexibility index (Phi) is 8.91. The summed E-state index contributed by atoms with van der Waals surface area (Å²) in [5, 5.41) is 6.18. The normalized spacial score (nSPS) is 22.0. The highest BCUT2D eigenvalue weighted by molar-refractivity contribution is 6.00. The number of nitrogens with one attached hydrogen (secondary N) is 2. The highest BCUT2D eigenvalue weighted by atomic mass is 16.2. The molecule has 0 aromatic heterocycles. The van der Waals surface area contributed by atoms with E-state index < -0.39 is 12.1 Å². The lowest BCUT2D eigenvalue weighted by Gasteiger charge is -2.33. The molecular formula is C28H42N6O4. The fraction of sp³-hybridized carbons (Fsp3) is 0.643. The second-order valence-electron chi connectivity index (χ2n) is 10.8. The Labute approximate surface area is 225 Å². The summed E-state index contributed by atoms with van der Waals surface area (Å²) < 4.78 is 0. The molecule has 0 radical (unpaired) electrons. The third-order valence-corrected chi connectivity index (χ3v) is 7.91. The quantitative estimate of drug-likeness (QED) is 0.533. The number of fused-ring (bicyclic) bond motifs is 1. The van der Waals surface area contributed by atoms with Gasteiger partial charge in [-0.05, 0) is 56.9 Å². The number of benzene rings is 1. The van der Waals surface area contributed by atoms with Crippen molar-refractivity contribution >= 4 is 29.3 Å². The minimum atomic E-state index is -0.741. The van der Waals surface area contributed by atoms with Crippen molar-refractivity contribution in [2.75, 3.05) is 57.3 Å². The van der Waals surface area contributed by atoms with Gasteiger partial charge in [-0.1, -0.05) is 13.8 Å². The molecule has 3 atom stereocenters. The molecule has 0 bridgehead atoms. The fourth-order valence-electron chi connectivity index (χ4n) is 5.91. The van der Waals surface area contributed by atoms with Gasteiger partial charge in [0.2, 0.25) is 5.91 Å². The summed E-state index contributed by atoms with van der Waals surface area (Å²) in [6, 6.07) is 5.60. The molecule has 0 aliphatic carbocycles. The minimum absolute atomic E-state index is 0.0297. The van der Waals surface area contributed by atoms with Crippen molar-refractivity contribution in [3.63, 3.8) is 0 Å². The summed E-state index contributed by atoms with van der Waals surface area (Å²) in [5.41, 5.74) is 1.54. The van der Waals surface area contributed by atoms with Gasteiger partial charge in [0, 0.05) is 57.1 Å². The summed E-state index contributed by atoms with van der Waals surface area (Å²) in [4.78, 5) is 60.4. The van der Waals surface area contributed by atoms with E-state index in [9.17, 15) is 19.2 Å². The lowest BCUT2D eigenvalue weighted by atomic mass is 10.0. The first-order chi connectivity index (χ1) is 18.2. The molecule has 38 heavy (non-hydrogen) atoms. The van der Waals surface area contributed by atoms with Crippen LogP contribution in [-0.2, 0) is 9.59 Å². The van der Waals surface area contributed by atoms with Gasteiger partial charge in [-0.2, -0.15) is 0 Å². The number of hydrogen-bond donors (Lipinski definition) is 2. The van der Waals surface area contributed by atoms with Gasteiger partial charge < -0.3 is 30.2 Å². The summed E-state index contributed by atoms with van der Waals surface area (Å²) in [7, 11) is 0. The number of hydrogen-bond acceptors (Lipinski definition) is 6. The molecule has 3 aliphatic rings. The third-order valence-electron chi connectivity index (χ3n) is 7.91. The Hall–Kier alpha value is -3.14. The van der Waals surface area contributed by atoms with Gasteiger partial charge in [-0.3, -0.25) is 14.4 Å². The molecule has 2 N–H and O–H groups in total. The first-order valence-corrected chi connectivity index (χ1v) is 14.0. The van der Waals surface area contributed by atoms with Crippen LogP contribution in [-0.4, -0.2) is 109 Å². The SMILES string of the molecule is CCN(CC)c1ccc(C(=O)NC(CC(C)C)C(=O)N2CCC3C2C(=O)CN3C(=O)N2CCNCC2)cc1. The fourth-order valence-corrected chi connectivity index (χ4v) is 5.91. The average molecular weight is 527 g/mol. The average Bonchev–Trinajstić information content (AvgIpc) is 3.50. The number of piperazine rings is 1. The molecule has 3 saturated heterocycles. The number of likely N-dealkylation sites (tertiary alicyclic amines) is 2. The molecule has 1 aromatic rings. The Morgan fingerprint density at radius 2 is 1.68 bits per heavy atom. The maximum absolute atomic E-state index is 13.8. The molecule has 4 rings (SSSR count).